The summed E-state index contributed by atoms with van der Waals surface area (Å²) in [6.07, 6.45) is 0.916. The number of amides is 1. The molecule has 0 fully saturated rings. The fourth-order valence-corrected chi connectivity index (χ4v) is 2.81. The van der Waals surface area contributed by atoms with Crippen LogP contribution in [0.25, 0.3) is 0 Å². The summed E-state index contributed by atoms with van der Waals surface area (Å²) in [6.45, 7) is 4.46. The van der Waals surface area contributed by atoms with Crippen LogP contribution in [0.3, 0.4) is 0 Å². The van der Waals surface area contributed by atoms with Crippen LogP contribution in [0.1, 0.15) is 37.3 Å². The van der Waals surface area contributed by atoms with Crippen LogP contribution < -0.4 is 0 Å². The second kappa shape index (κ2) is 7.91. The summed E-state index contributed by atoms with van der Waals surface area (Å²) >= 11 is 0. The summed E-state index contributed by atoms with van der Waals surface area (Å²) in [6, 6.07) is 16.4. The maximum Gasteiger partial charge on any atom is 0.230 e. The van der Waals surface area contributed by atoms with Gasteiger partial charge in [0.05, 0.1) is 5.92 Å². The van der Waals surface area contributed by atoms with Crippen LogP contribution in [0.15, 0.2) is 54.6 Å². The van der Waals surface area contributed by atoms with Gasteiger partial charge in [-0.1, -0.05) is 68.8 Å². The van der Waals surface area contributed by atoms with Gasteiger partial charge in [0.2, 0.25) is 5.91 Å². The molecule has 122 valence electrons. The molecule has 3 heteroatoms. The van der Waals surface area contributed by atoms with Gasteiger partial charge in [-0.15, -0.1) is 0 Å². The summed E-state index contributed by atoms with van der Waals surface area (Å²) in [5.74, 6) is -0.202. The van der Waals surface area contributed by atoms with Crippen LogP contribution in [-0.2, 0) is 11.3 Å². The number of hydrogen-bond acceptors (Lipinski definition) is 1. The number of carbonyl (C=O) groups excluding carboxylic acids is 1. The van der Waals surface area contributed by atoms with Gasteiger partial charge in [-0.25, -0.2) is 4.39 Å². The van der Waals surface area contributed by atoms with Crippen molar-refractivity contribution >= 4 is 5.91 Å². The smallest absolute Gasteiger partial charge is 0.230 e. The van der Waals surface area contributed by atoms with Crippen LogP contribution in [0, 0.1) is 11.7 Å². The minimum atomic E-state index is -0.271. The molecule has 2 aromatic rings. The first-order chi connectivity index (χ1) is 11.0. The normalized spacial score (nSPS) is 13.4. The Bertz CT molecular complexity index is 641. The van der Waals surface area contributed by atoms with E-state index in [0.29, 0.717) is 5.56 Å². The molecule has 1 amide bonds. The van der Waals surface area contributed by atoms with E-state index >= 15 is 0 Å². The molecule has 0 saturated heterocycles. The van der Waals surface area contributed by atoms with Crippen molar-refractivity contribution in [3.63, 3.8) is 0 Å². The standard InChI is InChI=1S/C20H24FNO/c1-4-15(2)19(16-10-6-5-7-11-16)20(23)22(3)14-17-12-8-9-13-18(17)21/h5-13,15,19H,4,14H2,1-3H3. The first-order valence-electron chi connectivity index (χ1n) is 8.08. The zero-order chi connectivity index (χ0) is 16.8. The molecular formula is C20H24FNO. The molecule has 2 rings (SSSR count). The Morgan fingerprint density at radius 2 is 1.70 bits per heavy atom. The van der Waals surface area contributed by atoms with Crippen molar-refractivity contribution in [3.05, 3.63) is 71.5 Å². The lowest BCUT2D eigenvalue weighted by Gasteiger charge is -2.28. The summed E-state index contributed by atoms with van der Waals surface area (Å²) in [7, 11) is 1.74. The Kier molecular flexibility index (Phi) is 5.91. The number of nitrogens with zero attached hydrogens (tertiary/aromatic N) is 1. The number of benzene rings is 2. The van der Waals surface area contributed by atoms with Gasteiger partial charge in [0.15, 0.2) is 0 Å². The molecule has 0 heterocycles. The van der Waals surface area contributed by atoms with Crippen molar-refractivity contribution in [1.82, 2.24) is 4.90 Å². The van der Waals surface area contributed by atoms with E-state index in [1.807, 2.05) is 30.3 Å². The zero-order valence-corrected chi connectivity index (χ0v) is 14.0. The third kappa shape index (κ3) is 4.19. The summed E-state index contributed by atoms with van der Waals surface area (Å²) < 4.78 is 13.8. The first kappa shape index (κ1) is 17.2. The second-order valence-electron chi connectivity index (χ2n) is 6.06. The average molecular weight is 313 g/mol. The topological polar surface area (TPSA) is 20.3 Å². The van der Waals surface area contributed by atoms with Gasteiger partial charge in [-0.3, -0.25) is 4.79 Å². The van der Waals surface area contributed by atoms with E-state index in [-0.39, 0.29) is 30.1 Å². The largest absolute Gasteiger partial charge is 0.341 e. The van der Waals surface area contributed by atoms with E-state index < -0.39 is 0 Å². The maximum atomic E-state index is 13.8. The quantitative estimate of drug-likeness (QED) is 0.762. The highest BCUT2D eigenvalue weighted by Gasteiger charge is 2.28. The lowest BCUT2D eigenvalue weighted by Crippen LogP contribution is -2.34. The van der Waals surface area contributed by atoms with Crippen LogP contribution in [0.4, 0.5) is 4.39 Å². The average Bonchev–Trinajstić information content (AvgIpc) is 2.57. The Balaban J connectivity index is 2.22. The van der Waals surface area contributed by atoms with Gasteiger partial charge in [0.25, 0.3) is 0 Å². The fourth-order valence-electron chi connectivity index (χ4n) is 2.81. The molecule has 2 atom stereocenters. The van der Waals surface area contributed by atoms with Gasteiger partial charge >= 0.3 is 0 Å². The van der Waals surface area contributed by atoms with Gasteiger partial charge < -0.3 is 4.90 Å². The first-order valence-corrected chi connectivity index (χ1v) is 8.08. The number of likely N-dealkylation sites (N-methyl/N-ethyl adjacent to an activating group) is 1. The van der Waals surface area contributed by atoms with Gasteiger partial charge in [0, 0.05) is 19.2 Å². The van der Waals surface area contributed by atoms with E-state index in [1.54, 1.807) is 30.1 Å². The highest BCUT2D eigenvalue weighted by molar-refractivity contribution is 5.83. The molecule has 0 N–H and O–H groups in total. The number of halogens is 1. The number of rotatable bonds is 6. The minimum Gasteiger partial charge on any atom is -0.341 e. The van der Waals surface area contributed by atoms with E-state index in [2.05, 4.69) is 13.8 Å². The lowest BCUT2D eigenvalue weighted by molar-refractivity contribution is -0.133. The number of carbonyl (C=O) groups is 1. The summed E-state index contributed by atoms with van der Waals surface area (Å²) in [4.78, 5) is 14.6. The molecule has 0 aliphatic carbocycles. The minimum absolute atomic E-state index is 0.0359. The van der Waals surface area contributed by atoms with Crippen molar-refractivity contribution in [2.24, 2.45) is 5.92 Å². The van der Waals surface area contributed by atoms with E-state index in [1.165, 1.54) is 6.07 Å². The molecule has 0 spiro atoms. The molecule has 0 aromatic heterocycles. The second-order valence-corrected chi connectivity index (χ2v) is 6.06. The molecule has 2 nitrogen and oxygen atoms in total. The Morgan fingerprint density at radius 3 is 2.30 bits per heavy atom. The van der Waals surface area contributed by atoms with Gasteiger partial charge in [0.1, 0.15) is 5.82 Å². The fraction of sp³-hybridized carbons (Fsp3) is 0.350. The van der Waals surface area contributed by atoms with Crippen molar-refractivity contribution in [1.29, 1.82) is 0 Å². The molecular weight excluding hydrogens is 289 g/mol. The van der Waals surface area contributed by atoms with Crippen LogP contribution in [-0.4, -0.2) is 17.9 Å². The molecule has 0 bridgehead atoms. The summed E-state index contributed by atoms with van der Waals surface area (Å²) in [5.41, 5.74) is 1.56. The van der Waals surface area contributed by atoms with Crippen molar-refractivity contribution < 1.29 is 9.18 Å². The molecule has 0 aliphatic heterocycles. The zero-order valence-electron chi connectivity index (χ0n) is 14.0. The molecule has 2 aromatic carbocycles. The molecule has 0 radical (unpaired) electrons. The highest BCUT2D eigenvalue weighted by Crippen LogP contribution is 2.29. The maximum absolute atomic E-state index is 13.8. The molecule has 0 saturated carbocycles. The third-order valence-electron chi connectivity index (χ3n) is 4.38. The predicted octanol–water partition coefficient (Wildman–Crippen LogP) is 4.61. The Labute approximate surface area is 137 Å². The predicted molar refractivity (Wildman–Crippen MR) is 91.5 cm³/mol. The van der Waals surface area contributed by atoms with Crippen molar-refractivity contribution in [3.8, 4) is 0 Å². The van der Waals surface area contributed by atoms with Crippen LogP contribution in [0.5, 0.6) is 0 Å². The van der Waals surface area contributed by atoms with Crippen LogP contribution >= 0.6 is 0 Å². The third-order valence-corrected chi connectivity index (χ3v) is 4.38. The Hall–Kier alpha value is -2.16. The summed E-state index contributed by atoms with van der Waals surface area (Å²) in [5, 5.41) is 0. The molecule has 2 unspecified atom stereocenters. The van der Waals surface area contributed by atoms with Gasteiger partial charge in [-0.05, 0) is 17.5 Å². The monoisotopic (exact) mass is 313 g/mol. The molecule has 0 aliphatic rings. The van der Waals surface area contributed by atoms with E-state index in [4.69, 9.17) is 0 Å². The van der Waals surface area contributed by atoms with Gasteiger partial charge in [-0.2, -0.15) is 0 Å². The van der Waals surface area contributed by atoms with Crippen molar-refractivity contribution in [2.75, 3.05) is 7.05 Å². The SMILES string of the molecule is CCC(C)C(C(=O)N(C)Cc1ccccc1F)c1ccccc1. The Morgan fingerprint density at radius 1 is 1.09 bits per heavy atom. The molecule has 23 heavy (non-hydrogen) atoms. The van der Waals surface area contributed by atoms with Crippen molar-refractivity contribution in [2.45, 2.75) is 32.7 Å². The highest BCUT2D eigenvalue weighted by atomic mass is 19.1. The number of hydrogen-bond donors (Lipinski definition) is 0. The van der Waals surface area contributed by atoms with E-state index in [0.717, 1.165) is 12.0 Å². The lowest BCUT2D eigenvalue weighted by atomic mass is 9.84. The van der Waals surface area contributed by atoms with E-state index in [9.17, 15) is 9.18 Å². The van der Waals surface area contributed by atoms with Crippen LogP contribution in [0.2, 0.25) is 0 Å².